The molecule has 4 aromatic rings. The van der Waals surface area contributed by atoms with E-state index in [1.54, 1.807) is 30.7 Å². The van der Waals surface area contributed by atoms with Crippen molar-refractivity contribution in [2.75, 3.05) is 20.8 Å². The van der Waals surface area contributed by atoms with E-state index >= 15 is 0 Å². The van der Waals surface area contributed by atoms with Crippen molar-refractivity contribution in [3.8, 4) is 27.8 Å². The van der Waals surface area contributed by atoms with Gasteiger partial charge in [-0.3, -0.25) is 4.79 Å². The Hall–Kier alpha value is -3.98. The molecule has 0 bridgehead atoms. The summed E-state index contributed by atoms with van der Waals surface area (Å²) in [4.78, 5) is 17.0. The maximum absolute atomic E-state index is 13.9. The van der Waals surface area contributed by atoms with Gasteiger partial charge in [-0.15, -0.1) is 11.3 Å². The summed E-state index contributed by atoms with van der Waals surface area (Å²) in [6.07, 6.45) is 0.685. The highest BCUT2D eigenvalue weighted by molar-refractivity contribution is 7.13. The predicted octanol–water partition coefficient (Wildman–Crippen LogP) is 5.66. The Bertz CT molecular complexity index is 1340. The zero-order valence-electron chi connectivity index (χ0n) is 19.7. The third kappa shape index (κ3) is 6.17. The Balaban J connectivity index is 1.37. The van der Waals surface area contributed by atoms with Gasteiger partial charge in [-0.25, -0.2) is 13.8 Å². The van der Waals surface area contributed by atoms with Gasteiger partial charge < -0.3 is 19.5 Å². The molecule has 1 N–H and O–H groups in total. The molecule has 0 fully saturated rings. The van der Waals surface area contributed by atoms with E-state index in [4.69, 9.17) is 14.2 Å². The largest absolute Gasteiger partial charge is 0.497 e. The summed E-state index contributed by atoms with van der Waals surface area (Å²) in [6, 6.07) is 16.1. The number of nitrogens with zero attached hydrogens (tertiary/aromatic N) is 1. The van der Waals surface area contributed by atoms with Crippen molar-refractivity contribution in [3.63, 3.8) is 0 Å². The van der Waals surface area contributed by atoms with Crippen LogP contribution in [0.25, 0.3) is 10.6 Å². The van der Waals surface area contributed by atoms with Crippen LogP contribution in [0.5, 0.6) is 17.2 Å². The van der Waals surface area contributed by atoms with Crippen molar-refractivity contribution in [1.82, 2.24) is 10.3 Å². The van der Waals surface area contributed by atoms with Crippen molar-refractivity contribution >= 4 is 17.2 Å². The number of carbonyl (C=O) groups is 1. The molecule has 1 amide bonds. The van der Waals surface area contributed by atoms with Crippen LogP contribution in [0.15, 0.2) is 66.0 Å². The summed E-state index contributed by atoms with van der Waals surface area (Å²) in [5.41, 5.74) is 2.25. The summed E-state index contributed by atoms with van der Waals surface area (Å²) in [6.45, 7) is 0.321. The quantitative estimate of drug-likeness (QED) is 0.298. The number of rotatable bonds is 10. The average molecular weight is 511 g/mol. The number of hydrogen-bond acceptors (Lipinski definition) is 6. The second kappa shape index (κ2) is 11.6. The van der Waals surface area contributed by atoms with Crippen LogP contribution in [0.4, 0.5) is 8.78 Å². The lowest BCUT2D eigenvalue weighted by molar-refractivity contribution is 0.0950. The third-order valence-electron chi connectivity index (χ3n) is 5.40. The molecule has 3 aromatic carbocycles. The molecule has 0 atom stereocenters. The Morgan fingerprint density at radius 1 is 0.972 bits per heavy atom. The van der Waals surface area contributed by atoms with Gasteiger partial charge in [0.2, 0.25) is 0 Å². The molecule has 1 aromatic heterocycles. The van der Waals surface area contributed by atoms with Gasteiger partial charge in [-0.2, -0.15) is 0 Å². The van der Waals surface area contributed by atoms with Crippen LogP contribution < -0.4 is 19.5 Å². The topological polar surface area (TPSA) is 69.7 Å². The SMILES string of the molecule is COc1ccc(CCNC(=O)c2csc(-c3ccc(OCc4cc(F)ccc4F)c(OC)c3)n2)cc1. The number of amides is 1. The monoisotopic (exact) mass is 510 g/mol. The van der Waals surface area contributed by atoms with Crippen molar-refractivity contribution in [2.45, 2.75) is 13.0 Å². The summed E-state index contributed by atoms with van der Waals surface area (Å²) in [5.74, 6) is 0.221. The van der Waals surface area contributed by atoms with E-state index in [0.29, 0.717) is 35.2 Å². The summed E-state index contributed by atoms with van der Waals surface area (Å²) in [5, 5.41) is 5.22. The summed E-state index contributed by atoms with van der Waals surface area (Å²) in [7, 11) is 3.10. The van der Waals surface area contributed by atoms with Crippen LogP contribution in [-0.2, 0) is 13.0 Å². The smallest absolute Gasteiger partial charge is 0.270 e. The highest BCUT2D eigenvalue weighted by Crippen LogP contribution is 2.34. The molecular weight excluding hydrogens is 486 g/mol. The number of thiazole rings is 1. The Kier molecular flexibility index (Phi) is 8.12. The van der Waals surface area contributed by atoms with E-state index in [9.17, 15) is 13.6 Å². The molecule has 0 aliphatic rings. The molecule has 0 saturated heterocycles. The number of aromatic nitrogens is 1. The fraction of sp³-hybridized carbons (Fsp3) is 0.185. The van der Waals surface area contributed by atoms with Gasteiger partial charge in [-0.1, -0.05) is 12.1 Å². The zero-order valence-corrected chi connectivity index (χ0v) is 20.5. The third-order valence-corrected chi connectivity index (χ3v) is 6.29. The Labute approximate surface area is 211 Å². The van der Waals surface area contributed by atoms with Crippen molar-refractivity contribution in [3.05, 3.63) is 94.5 Å². The lowest BCUT2D eigenvalue weighted by atomic mass is 10.1. The van der Waals surface area contributed by atoms with Crippen molar-refractivity contribution in [2.24, 2.45) is 0 Å². The molecule has 0 aliphatic carbocycles. The molecule has 0 radical (unpaired) electrons. The molecule has 0 saturated carbocycles. The minimum atomic E-state index is -0.551. The van der Waals surface area contributed by atoms with E-state index in [2.05, 4.69) is 10.3 Å². The Morgan fingerprint density at radius 3 is 2.53 bits per heavy atom. The van der Waals surface area contributed by atoms with E-state index in [0.717, 1.165) is 35.1 Å². The number of carbonyl (C=O) groups excluding carboxylic acids is 1. The summed E-state index contributed by atoms with van der Waals surface area (Å²) < 4.78 is 43.5. The number of benzene rings is 3. The molecule has 0 spiro atoms. The number of methoxy groups -OCH3 is 2. The lowest BCUT2D eigenvalue weighted by Crippen LogP contribution is -2.25. The van der Waals surface area contributed by atoms with Crippen LogP contribution in [0, 0.1) is 11.6 Å². The molecule has 1 heterocycles. The second-order valence-electron chi connectivity index (χ2n) is 7.78. The first-order valence-electron chi connectivity index (χ1n) is 11.1. The van der Waals surface area contributed by atoms with E-state index < -0.39 is 11.6 Å². The first kappa shape index (κ1) is 25.1. The number of ether oxygens (including phenoxy) is 3. The standard InChI is InChI=1S/C27H24F2N2O4S/c1-33-21-7-3-17(4-8-21)11-12-30-26(32)23-16-36-27(31-23)18-5-10-24(25(14-18)34-2)35-15-19-13-20(28)6-9-22(19)29/h3-10,13-14,16H,11-12,15H2,1-2H3,(H,30,32). The molecule has 4 rings (SSSR count). The van der Waals surface area contributed by atoms with Crippen LogP contribution in [0.3, 0.4) is 0 Å². The van der Waals surface area contributed by atoms with Gasteiger partial charge in [0.1, 0.15) is 34.7 Å². The molecular formula is C27H24F2N2O4S. The molecule has 9 heteroatoms. The summed E-state index contributed by atoms with van der Waals surface area (Å²) >= 11 is 1.33. The van der Waals surface area contributed by atoms with Crippen molar-refractivity contribution < 1.29 is 27.8 Å². The molecule has 186 valence electrons. The van der Waals surface area contributed by atoms with Crippen LogP contribution in [0.2, 0.25) is 0 Å². The zero-order chi connectivity index (χ0) is 25.5. The van der Waals surface area contributed by atoms with E-state index in [1.165, 1.54) is 18.4 Å². The highest BCUT2D eigenvalue weighted by atomic mass is 32.1. The first-order chi connectivity index (χ1) is 17.5. The van der Waals surface area contributed by atoms with Crippen LogP contribution >= 0.6 is 11.3 Å². The molecule has 36 heavy (non-hydrogen) atoms. The number of halogens is 2. The minimum Gasteiger partial charge on any atom is -0.497 e. The minimum absolute atomic E-state index is 0.101. The van der Waals surface area contributed by atoms with E-state index in [-0.39, 0.29) is 18.1 Å². The fourth-order valence-electron chi connectivity index (χ4n) is 3.44. The van der Waals surface area contributed by atoms with Gasteiger partial charge >= 0.3 is 0 Å². The highest BCUT2D eigenvalue weighted by Gasteiger charge is 2.15. The van der Waals surface area contributed by atoms with Gasteiger partial charge in [0.15, 0.2) is 11.5 Å². The maximum Gasteiger partial charge on any atom is 0.270 e. The number of nitrogens with one attached hydrogen (secondary N) is 1. The predicted molar refractivity (Wildman–Crippen MR) is 134 cm³/mol. The molecule has 0 aliphatic heterocycles. The fourth-order valence-corrected chi connectivity index (χ4v) is 4.24. The van der Waals surface area contributed by atoms with Crippen LogP contribution in [0.1, 0.15) is 21.6 Å². The van der Waals surface area contributed by atoms with E-state index in [1.807, 2.05) is 24.3 Å². The first-order valence-corrected chi connectivity index (χ1v) is 12.0. The average Bonchev–Trinajstić information content (AvgIpc) is 3.40. The van der Waals surface area contributed by atoms with Gasteiger partial charge in [0.25, 0.3) is 5.91 Å². The lowest BCUT2D eigenvalue weighted by Gasteiger charge is -2.12. The second-order valence-corrected chi connectivity index (χ2v) is 8.64. The van der Waals surface area contributed by atoms with Crippen molar-refractivity contribution in [1.29, 1.82) is 0 Å². The molecule has 0 unspecified atom stereocenters. The number of hydrogen-bond donors (Lipinski definition) is 1. The van der Waals surface area contributed by atoms with Crippen LogP contribution in [-0.4, -0.2) is 31.7 Å². The molecule has 6 nitrogen and oxygen atoms in total. The Morgan fingerprint density at radius 2 is 1.78 bits per heavy atom. The maximum atomic E-state index is 13.9. The van der Waals surface area contributed by atoms with Gasteiger partial charge in [0, 0.05) is 23.1 Å². The normalized spacial score (nSPS) is 10.7. The van der Waals surface area contributed by atoms with Gasteiger partial charge in [0.05, 0.1) is 14.2 Å². The van der Waals surface area contributed by atoms with Gasteiger partial charge in [-0.05, 0) is 60.5 Å².